The van der Waals surface area contributed by atoms with E-state index in [2.05, 4.69) is 10.3 Å². The monoisotopic (exact) mass is 198 g/mol. The van der Waals surface area contributed by atoms with Crippen LogP contribution in [0.5, 0.6) is 0 Å². The van der Waals surface area contributed by atoms with Crippen molar-refractivity contribution in [2.45, 2.75) is 18.9 Å². The maximum Gasteiger partial charge on any atom is 0.198 e. The number of hydrogen-bond acceptors (Lipinski definition) is 4. The molecule has 0 radical (unpaired) electrons. The van der Waals surface area contributed by atoms with Crippen LogP contribution in [-0.4, -0.2) is 23.5 Å². The number of aromatic nitrogens is 1. The number of rotatable bonds is 3. The van der Waals surface area contributed by atoms with E-state index in [0.29, 0.717) is 5.92 Å². The molecule has 1 saturated heterocycles. The smallest absolute Gasteiger partial charge is 0.198 e. The average Bonchev–Trinajstić information content (AvgIpc) is 2.70. The van der Waals surface area contributed by atoms with E-state index in [-0.39, 0.29) is 0 Å². The molecule has 0 aromatic carbocycles. The van der Waals surface area contributed by atoms with E-state index < -0.39 is 0 Å². The second-order valence-electron chi connectivity index (χ2n) is 3.27. The number of oxazole rings is 1. The van der Waals surface area contributed by atoms with Gasteiger partial charge in [0, 0.05) is 18.2 Å². The van der Waals surface area contributed by atoms with Crippen molar-refractivity contribution in [3.63, 3.8) is 0 Å². The largest absolute Gasteiger partial charge is 0.448 e. The van der Waals surface area contributed by atoms with Gasteiger partial charge in [0.05, 0.1) is 5.69 Å². The Morgan fingerprint density at radius 3 is 3.38 bits per heavy atom. The van der Waals surface area contributed by atoms with Crippen molar-refractivity contribution in [2.75, 3.05) is 18.6 Å². The molecule has 1 fully saturated rings. The van der Waals surface area contributed by atoms with E-state index in [9.17, 15) is 0 Å². The van der Waals surface area contributed by atoms with Crippen LogP contribution < -0.4 is 5.32 Å². The molecule has 72 valence electrons. The van der Waals surface area contributed by atoms with Crippen molar-refractivity contribution in [3.05, 3.63) is 17.8 Å². The SMILES string of the molecule is CNCc1coc(C2CCSC2)n1. The lowest BCUT2D eigenvalue weighted by atomic mass is 10.1. The van der Waals surface area contributed by atoms with Crippen molar-refractivity contribution in [2.24, 2.45) is 0 Å². The molecule has 1 aliphatic rings. The molecule has 1 aromatic heterocycles. The minimum absolute atomic E-state index is 0.551. The van der Waals surface area contributed by atoms with Crippen LogP contribution in [0.1, 0.15) is 23.9 Å². The Hall–Kier alpha value is -0.480. The van der Waals surface area contributed by atoms with Crippen LogP contribution in [-0.2, 0) is 6.54 Å². The molecular weight excluding hydrogens is 184 g/mol. The molecule has 1 aromatic rings. The second-order valence-corrected chi connectivity index (χ2v) is 4.42. The van der Waals surface area contributed by atoms with Gasteiger partial charge in [0.25, 0.3) is 0 Å². The topological polar surface area (TPSA) is 38.1 Å². The van der Waals surface area contributed by atoms with E-state index in [4.69, 9.17) is 4.42 Å². The van der Waals surface area contributed by atoms with Gasteiger partial charge in [-0.05, 0) is 19.2 Å². The average molecular weight is 198 g/mol. The molecule has 2 heterocycles. The maximum atomic E-state index is 5.44. The van der Waals surface area contributed by atoms with Crippen LogP contribution in [0.3, 0.4) is 0 Å². The summed E-state index contributed by atoms with van der Waals surface area (Å²) in [5.74, 6) is 3.89. The zero-order chi connectivity index (χ0) is 9.10. The lowest BCUT2D eigenvalue weighted by Gasteiger charge is -1.99. The highest BCUT2D eigenvalue weighted by Gasteiger charge is 2.21. The van der Waals surface area contributed by atoms with Crippen molar-refractivity contribution < 1.29 is 4.42 Å². The van der Waals surface area contributed by atoms with Crippen molar-refractivity contribution in [1.82, 2.24) is 10.3 Å². The predicted molar refractivity (Wildman–Crippen MR) is 53.9 cm³/mol. The van der Waals surface area contributed by atoms with Gasteiger partial charge in [-0.25, -0.2) is 4.98 Å². The van der Waals surface area contributed by atoms with E-state index in [0.717, 1.165) is 18.1 Å². The molecule has 1 aliphatic heterocycles. The fourth-order valence-electron chi connectivity index (χ4n) is 1.50. The summed E-state index contributed by atoms with van der Waals surface area (Å²) in [4.78, 5) is 4.44. The van der Waals surface area contributed by atoms with Crippen LogP contribution in [0.15, 0.2) is 10.7 Å². The summed E-state index contributed by atoms with van der Waals surface area (Å²) in [7, 11) is 1.92. The molecule has 1 atom stereocenters. The summed E-state index contributed by atoms with van der Waals surface area (Å²) in [5.41, 5.74) is 1.01. The van der Waals surface area contributed by atoms with Crippen LogP contribution in [0.2, 0.25) is 0 Å². The molecule has 0 aliphatic carbocycles. The van der Waals surface area contributed by atoms with Crippen molar-refractivity contribution >= 4 is 11.8 Å². The lowest BCUT2D eigenvalue weighted by molar-refractivity contribution is 0.461. The van der Waals surface area contributed by atoms with E-state index in [1.165, 1.54) is 17.9 Å². The van der Waals surface area contributed by atoms with E-state index in [1.807, 2.05) is 18.8 Å². The fourth-order valence-corrected chi connectivity index (χ4v) is 2.71. The summed E-state index contributed by atoms with van der Waals surface area (Å²) in [6.45, 7) is 0.795. The predicted octanol–water partition coefficient (Wildman–Crippen LogP) is 1.61. The highest BCUT2D eigenvalue weighted by atomic mass is 32.2. The van der Waals surface area contributed by atoms with Gasteiger partial charge in [0.1, 0.15) is 6.26 Å². The van der Waals surface area contributed by atoms with E-state index in [1.54, 1.807) is 6.26 Å². The zero-order valence-electron chi connectivity index (χ0n) is 7.75. The maximum absolute atomic E-state index is 5.44. The van der Waals surface area contributed by atoms with Crippen molar-refractivity contribution in [3.8, 4) is 0 Å². The summed E-state index contributed by atoms with van der Waals surface area (Å²) in [5, 5.41) is 3.06. The van der Waals surface area contributed by atoms with Crippen LogP contribution in [0.4, 0.5) is 0 Å². The van der Waals surface area contributed by atoms with Gasteiger partial charge in [0.2, 0.25) is 0 Å². The zero-order valence-corrected chi connectivity index (χ0v) is 8.56. The summed E-state index contributed by atoms with van der Waals surface area (Å²) in [6.07, 6.45) is 2.97. The second kappa shape index (κ2) is 4.15. The van der Waals surface area contributed by atoms with Gasteiger partial charge in [-0.15, -0.1) is 0 Å². The Bertz CT molecular complexity index is 268. The molecule has 4 heteroatoms. The van der Waals surface area contributed by atoms with Crippen LogP contribution in [0, 0.1) is 0 Å². The molecule has 0 saturated carbocycles. The highest BCUT2D eigenvalue weighted by Crippen LogP contribution is 2.31. The Balaban J connectivity index is 2.03. The summed E-state index contributed by atoms with van der Waals surface area (Å²) < 4.78 is 5.44. The highest BCUT2D eigenvalue weighted by molar-refractivity contribution is 7.99. The van der Waals surface area contributed by atoms with Crippen LogP contribution in [0.25, 0.3) is 0 Å². The molecule has 3 nitrogen and oxygen atoms in total. The molecule has 0 spiro atoms. The van der Waals surface area contributed by atoms with Gasteiger partial charge >= 0.3 is 0 Å². The van der Waals surface area contributed by atoms with Gasteiger partial charge in [-0.1, -0.05) is 0 Å². The summed E-state index contributed by atoms with van der Waals surface area (Å²) in [6, 6.07) is 0. The number of nitrogens with zero attached hydrogens (tertiary/aromatic N) is 1. The van der Waals surface area contributed by atoms with Crippen LogP contribution >= 0.6 is 11.8 Å². The quantitative estimate of drug-likeness (QED) is 0.801. The third-order valence-corrected chi connectivity index (χ3v) is 3.37. The normalized spacial score (nSPS) is 22.4. The molecule has 1 unspecified atom stereocenters. The molecule has 0 bridgehead atoms. The van der Waals surface area contributed by atoms with Gasteiger partial charge in [-0.2, -0.15) is 11.8 Å². The first-order valence-electron chi connectivity index (χ1n) is 4.57. The molecule has 13 heavy (non-hydrogen) atoms. The minimum Gasteiger partial charge on any atom is -0.448 e. The number of hydrogen-bond donors (Lipinski definition) is 1. The lowest BCUT2D eigenvalue weighted by Crippen LogP contribution is -2.05. The molecule has 2 rings (SSSR count). The molecule has 0 amide bonds. The third kappa shape index (κ3) is 2.06. The Kier molecular flexibility index (Phi) is 2.90. The first kappa shape index (κ1) is 9.09. The molecule has 1 N–H and O–H groups in total. The molecular formula is C9H14N2OS. The van der Waals surface area contributed by atoms with Crippen molar-refractivity contribution in [1.29, 1.82) is 0 Å². The van der Waals surface area contributed by atoms with Gasteiger partial charge in [-0.3, -0.25) is 0 Å². The van der Waals surface area contributed by atoms with Gasteiger partial charge < -0.3 is 9.73 Å². The fraction of sp³-hybridized carbons (Fsp3) is 0.667. The number of nitrogens with one attached hydrogen (secondary N) is 1. The Labute approximate surface area is 82.3 Å². The number of thioether (sulfide) groups is 1. The van der Waals surface area contributed by atoms with E-state index >= 15 is 0 Å². The minimum atomic E-state index is 0.551. The Morgan fingerprint density at radius 1 is 1.77 bits per heavy atom. The summed E-state index contributed by atoms with van der Waals surface area (Å²) >= 11 is 1.98. The first-order chi connectivity index (χ1) is 6.40. The third-order valence-electron chi connectivity index (χ3n) is 2.21. The van der Waals surface area contributed by atoms with Gasteiger partial charge in [0.15, 0.2) is 5.89 Å². The first-order valence-corrected chi connectivity index (χ1v) is 5.72. The Morgan fingerprint density at radius 2 is 2.69 bits per heavy atom. The standard InChI is InChI=1S/C9H14N2OS/c1-10-4-8-5-12-9(11-8)7-2-3-13-6-7/h5,7,10H,2-4,6H2,1H3.